The summed E-state index contributed by atoms with van der Waals surface area (Å²) in [6.45, 7) is 1.84. The van der Waals surface area contributed by atoms with Crippen LogP contribution in [0.1, 0.15) is 10.6 Å². The van der Waals surface area contributed by atoms with Crippen LogP contribution < -0.4 is 5.32 Å². The van der Waals surface area contributed by atoms with Crippen molar-refractivity contribution in [3.05, 3.63) is 16.1 Å². The van der Waals surface area contributed by atoms with E-state index in [1.54, 1.807) is 5.51 Å². The van der Waals surface area contributed by atoms with Crippen molar-refractivity contribution in [2.24, 2.45) is 4.99 Å². The average Bonchev–Trinajstić information content (AvgIpc) is 2.60. The SMILES string of the molecule is Cc1ncsc1C1=NC(Cl)C(Cl)C(=O)N1. The number of carbonyl (C=O) groups is 1. The van der Waals surface area contributed by atoms with Crippen LogP contribution in [0.3, 0.4) is 0 Å². The Kier molecular flexibility index (Phi) is 2.95. The molecular weight excluding hydrogens is 257 g/mol. The molecule has 1 aromatic rings. The highest BCUT2D eigenvalue weighted by molar-refractivity contribution is 7.12. The number of carbonyl (C=O) groups excluding carboxylic acids is 1. The van der Waals surface area contributed by atoms with Gasteiger partial charge in [0.1, 0.15) is 11.2 Å². The molecule has 0 radical (unpaired) electrons. The van der Waals surface area contributed by atoms with Crippen LogP contribution in [0.5, 0.6) is 0 Å². The zero-order valence-corrected chi connectivity index (χ0v) is 10.0. The molecule has 0 aromatic carbocycles. The van der Waals surface area contributed by atoms with Crippen LogP contribution in [0.2, 0.25) is 0 Å². The summed E-state index contributed by atoms with van der Waals surface area (Å²) in [6, 6.07) is 0. The summed E-state index contributed by atoms with van der Waals surface area (Å²) in [5.74, 6) is 0.131. The van der Waals surface area contributed by atoms with Gasteiger partial charge in [-0.3, -0.25) is 4.79 Å². The van der Waals surface area contributed by atoms with E-state index in [1.165, 1.54) is 11.3 Å². The first kappa shape index (κ1) is 10.9. The predicted molar refractivity (Wildman–Crippen MR) is 60.8 cm³/mol. The molecule has 0 saturated heterocycles. The molecule has 1 aliphatic heterocycles. The second-order valence-corrected chi connectivity index (χ2v) is 4.78. The number of halogens is 2. The Labute approximate surface area is 100 Å². The van der Waals surface area contributed by atoms with E-state index >= 15 is 0 Å². The third kappa shape index (κ3) is 2.00. The molecule has 0 spiro atoms. The van der Waals surface area contributed by atoms with Crippen LogP contribution in [-0.2, 0) is 4.79 Å². The molecule has 1 N–H and O–H groups in total. The smallest absolute Gasteiger partial charge is 0.247 e. The second-order valence-electron chi connectivity index (χ2n) is 3.01. The second kappa shape index (κ2) is 4.08. The lowest BCUT2D eigenvalue weighted by molar-refractivity contribution is -0.119. The van der Waals surface area contributed by atoms with Crippen LogP contribution in [0.4, 0.5) is 0 Å². The van der Waals surface area contributed by atoms with Gasteiger partial charge < -0.3 is 5.32 Å². The molecule has 2 atom stereocenters. The number of rotatable bonds is 1. The van der Waals surface area contributed by atoms with Crippen molar-refractivity contribution in [2.45, 2.75) is 17.8 Å². The van der Waals surface area contributed by atoms with E-state index in [2.05, 4.69) is 15.3 Å². The fraction of sp³-hybridized carbons (Fsp3) is 0.375. The van der Waals surface area contributed by atoms with Gasteiger partial charge in [0.05, 0.1) is 16.1 Å². The fourth-order valence-electron chi connectivity index (χ4n) is 1.18. The van der Waals surface area contributed by atoms with Crippen molar-refractivity contribution >= 4 is 46.3 Å². The summed E-state index contributed by atoms with van der Waals surface area (Å²) >= 11 is 13.0. The molecule has 4 nitrogen and oxygen atoms in total. The fourth-order valence-corrected chi connectivity index (χ4v) is 2.25. The number of amides is 1. The van der Waals surface area contributed by atoms with Gasteiger partial charge in [-0.25, -0.2) is 9.98 Å². The first-order valence-electron chi connectivity index (χ1n) is 4.17. The van der Waals surface area contributed by atoms with Gasteiger partial charge in [0.2, 0.25) is 5.91 Å². The minimum absolute atomic E-state index is 0.325. The number of aliphatic imine (C=N–C) groups is 1. The number of nitrogens with zero attached hydrogens (tertiary/aromatic N) is 2. The number of amidine groups is 1. The molecule has 80 valence electrons. The van der Waals surface area contributed by atoms with Crippen molar-refractivity contribution in [3.63, 3.8) is 0 Å². The highest BCUT2D eigenvalue weighted by atomic mass is 35.5. The number of aryl methyl sites for hydroxylation is 1. The van der Waals surface area contributed by atoms with Crippen LogP contribution in [0.25, 0.3) is 0 Å². The van der Waals surface area contributed by atoms with E-state index in [4.69, 9.17) is 23.2 Å². The number of alkyl halides is 2. The van der Waals surface area contributed by atoms with Gasteiger partial charge in [0, 0.05) is 0 Å². The first-order chi connectivity index (χ1) is 7.09. The van der Waals surface area contributed by atoms with E-state index < -0.39 is 10.9 Å². The maximum Gasteiger partial charge on any atom is 0.247 e. The predicted octanol–water partition coefficient (Wildman–Crippen LogP) is 1.50. The van der Waals surface area contributed by atoms with Gasteiger partial charge in [-0.2, -0.15) is 0 Å². The van der Waals surface area contributed by atoms with Crippen LogP contribution in [-0.4, -0.2) is 27.6 Å². The van der Waals surface area contributed by atoms with Gasteiger partial charge in [-0.15, -0.1) is 22.9 Å². The molecule has 0 aliphatic carbocycles. The van der Waals surface area contributed by atoms with E-state index in [-0.39, 0.29) is 5.91 Å². The highest BCUT2D eigenvalue weighted by Crippen LogP contribution is 2.20. The first-order valence-corrected chi connectivity index (χ1v) is 5.92. The quantitative estimate of drug-likeness (QED) is 0.617. The van der Waals surface area contributed by atoms with Crippen molar-refractivity contribution in [1.82, 2.24) is 10.3 Å². The number of hydrogen-bond acceptors (Lipinski definition) is 4. The summed E-state index contributed by atoms with van der Waals surface area (Å²) in [6.07, 6.45) is 0. The van der Waals surface area contributed by atoms with E-state index in [9.17, 15) is 4.79 Å². The normalized spacial score (nSPS) is 26.1. The van der Waals surface area contributed by atoms with E-state index in [0.29, 0.717) is 5.84 Å². The molecule has 2 unspecified atom stereocenters. The number of thiazole rings is 1. The van der Waals surface area contributed by atoms with Crippen LogP contribution in [0.15, 0.2) is 10.5 Å². The van der Waals surface area contributed by atoms with Crippen molar-refractivity contribution in [2.75, 3.05) is 0 Å². The van der Waals surface area contributed by atoms with E-state index in [0.717, 1.165) is 10.6 Å². The standard InChI is InChI=1S/C8H7Cl2N3OS/c1-3-5(15-2-11-3)7-12-6(10)4(9)8(14)13-7/h2,4,6H,1H3,(H,12,13,14). The Hall–Kier alpha value is -0.650. The Bertz CT molecular complexity index is 431. The molecule has 2 rings (SSSR count). The Morgan fingerprint density at radius 3 is 2.80 bits per heavy atom. The minimum Gasteiger partial charge on any atom is -0.308 e. The van der Waals surface area contributed by atoms with Crippen molar-refractivity contribution in [3.8, 4) is 0 Å². The summed E-state index contributed by atoms with van der Waals surface area (Å²) in [5, 5.41) is 1.79. The van der Waals surface area contributed by atoms with Gasteiger partial charge in [0.15, 0.2) is 5.50 Å². The minimum atomic E-state index is -0.816. The monoisotopic (exact) mass is 263 g/mol. The van der Waals surface area contributed by atoms with Gasteiger partial charge in [-0.1, -0.05) is 11.6 Å². The molecule has 1 amide bonds. The summed E-state index contributed by atoms with van der Waals surface area (Å²) < 4.78 is 0. The molecule has 1 aliphatic rings. The van der Waals surface area contributed by atoms with Gasteiger partial charge in [0.25, 0.3) is 0 Å². The van der Waals surface area contributed by atoms with Crippen LogP contribution >= 0.6 is 34.5 Å². The highest BCUT2D eigenvalue weighted by Gasteiger charge is 2.31. The zero-order valence-electron chi connectivity index (χ0n) is 7.70. The lowest BCUT2D eigenvalue weighted by Gasteiger charge is -2.20. The molecule has 2 heterocycles. The topological polar surface area (TPSA) is 54.4 Å². The Balaban J connectivity index is 2.36. The number of nitrogens with one attached hydrogen (secondary N) is 1. The van der Waals surface area contributed by atoms with Gasteiger partial charge >= 0.3 is 0 Å². The molecule has 0 fully saturated rings. The van der Waals surface area contributed by atoms with E-state index in [1.807, 2.05) is 6.92 Å². The maximum atomic E-state index is 11.4. The van der Waals surface area contributed by atoms with Gasteiger partial charge in [-0.05, 0) is 6.92 Å². The van der Waals surface area contributed by atoms with Crippen LogP contribution in [0, 0.1) is 6.92 Å². The molecule has 7 heteroatoms. The largest absolute Gasteiger partial charge is 0.308 e. The Morgan fingerprint density at radius 1 is 1.53 bits per heavy atom. The molecule has 0 saturated carbocycles. The Morgan fingerprint density at radius 2 is 2.27 bits per heavy atom. The van der Waals surface area contributed by atoms with Crippen molar-refractivity contribution < 1.29 is 4.79 Å². The molecule has 1 aromatic heterocycles. The average molecular weight is 264 g/mol. The third-order valence-corrected chi connectivity index (χ3v) is 3.80. The van der Waals surface area contributed by atoms with Crippen molar-refractivity contribution in [1.29, 1.82) is 0 Å². The molecule has 15 heavy (non-hydrogen) atoms. The number of hydrogen-bond donors (Lipinski definition) is 1. The number of aromatic nitrogens is 1. The lowest BCUT2D eigenvalue weighted by atomic mass is 10.3. The summed E-state index contributed by atoms with van der Waals surface area (Å²) in [5.41, 5.74) is 1.78. The maximum absolute atomic E-state index is 11.4. The lowest BCUT2D eigenvalue weighted by Crippen LogP contribution is -2.45. The molecule has 0 bridgehead atoms. The summed E-state index contributed by atoms with van der Waals surface area (Å²) in [4.78, 5) is 20.4. The third-order valence-electron chi connectivity index (χ3n) is 1.95. The zero-order chi connectivity index (χ0) is 11.0. The molecular formula is C8H7Cl2N3OS. The summed E-state index contributed by atoms with van der Waals surface area (Å²) in [7, 11) is 0.